The first-order valence-electron chi connectivity index (χ1n) is 10.7. The second-order valence-electron chi connectivity index (χ2n) is 7.62. The maximum absolute atomic E-state index is 13.2. The second kappa shape index (κ2) is 10.4. The van der Waals surface area contributed by atoms with E-state index in [9.17, 15) is 4.79 Å². The zero-order chi connectivity index (χ0) is 23.2. The van der Waals surface area contributed by atoms with Gasteiger partial charge in [0.25, 0.3) is 0 Å². The number of thioether (sulfide) groups is 1. The van der Waals surface area contributed by atoms with Gasteiger partial charge in [0.15, 0.2) is 11.0 Å². The molecule has 2 aromatic carbocycles. The molecule has 2 aromatic heterocycles. The van der Waals surface area contributed by atoms with E-state index in [2.05, 4.69) is 22.1 Å². The van der Waals surface area contributed by atoms with E-state index < -0.39 is 0 Å². The van der Waals surface area contributed by atoms with Crippen molar-refractivity contribution in [3.8, 4) is 11.4 Å². The van der Waals surface area contributed by atoms with E-state index in [4.69, 9.17) is 4.42 Å². The van der Waals surface area contributed by atoms with Crippen LogP contribution in [-0.4, -0.2) is 25.9 Å². The fourth-order valence-corrected chi connectivity index (χ4v) is 4.47. The number of aromatic nitrogens is 3. The molecular formula is C26H26N4O2S. The third-order valence-corrected chi connectivity index (χ3v) is 6.41. The Balaban J connectivity index is 1.55. The summed E-state index contributed by atoms with van der Waals surface area (Å²) in [6.07, 6.45) is 3.42. The monoisotopic (exact) mass is 458 g/mol. The predicted molar refractivity (Wildman–Crippen MR) is 131 cm³/mol. The van der Waals surface area contributed by atoms with Crippen LogP contribution in [0.15, 0.2) is 95.2 Å². The average molecular weight is 459 g/mol. The van der Waals surface area contributed by atoms with Gasteiger partial charge in [-0.3, -0.25) is 9.36 Å². The van der Waals surface area contributed by atoms with E-state index in [0.717, 1.165) is 22.5 Å². The Bertz CT molecular complexity index is 1180. The van der Waals surface area contributed by atoms with Gasteiger partial charge >= 0.3 is 0 Å². The Morgan fingerprint density at radius 3 is 2.27 bits per heavy atom. The molecule has 2 heterocycles. The summed E-state index contributed by atoms with van der Waals surface area (Å²) in [6.45, 7) is 8.15. The van der Waals surface area contributed by atoms with Gasteiger partial charge in [-0.25, -0.2) is 0 Å². The first-order valence-corrected chi connectivity index (χ1v) is 11.6. The standard InChI is InChI=1S/C26H26N4O2S/c1-4-16-30-24(22-15-17-32-18(22)2)28-29-26(30)33-19(3)25(31)27-23(20-11-7-5-8-12-20)21-13-9-6-10-14-21/h4-15,17,19,23H,1,16H2,2-3H3,(H,27,31). The Labute approximate surface area is 197 Å². The maximum atomic E-state index is 13.2. The fraction of sp³-hybridized carbons (Fsp3) is 0.192. The summed E-state index contributed by atoms with van der Waals surface area (Å²) >= 11 is 1.37. The molecule has 0 aliphatic carbocycles. The van der Waals surface area contributed by atoms with Gasteiger partial charge in [-0.05, 0) is 31.0 Å². The molecule has 0 bridgehead atoms. The topological polar surface area (TPSA) is 73.0 Å². The number of amides is 1. The van der Waals surface area contributed by atoms with Crippen molar-refractivity contribution in [2.75, 3.05) is 0 Å². The molecule has 1 atom stereocenters. The summed E-state index contributed by atoms with van der Waals surface area (Å²) in [5, 5.41) is 12.2. The minimum atomic E-state index is -0.383. The SMILES string of the molecule is C=CCn1c(SC(C)C(=O)NC(c2ccccc2)c2ccccc2)nnc1-c1ccoc1C. The van der Waals surface area contributed by atoms with Crippen LogP contribution >= 0.6 is 11.8 Å². The molecule has 4 aromatic rings. The van der Waals surface area contributed by atoms with Gasteiger partial charge in [0, 0.05) is 6.54 Å². The molecule has 1 amide bonds. The molecule has 0 saturated heterocycles. The fourth-order valence-electron chi connectivity index (χ4n) is 3.61. The summed E-state index contributed by atoms with van der Waals surface area (Å²) in [6, 6.07) is 21.6. The van der Waals surface area contributed by atoms with Crippen LogP contribution in [-0.2, 0) is 11.3 Å². The molecule has 0 saturated carbocycles. The lowest BCUT2D eigenvalue weighted by molar-refractivity contribution is -0.120. The van der Waals surface area contributed by atoms with Gasteiger partial charge in [-0.1, -0.05) is 78.5 Å². The van der Waals surface area contributed by atoms with Crippen LogP contribution in [0.2, 0.25) is 0 Å². The van der Waals surface area contributed by atoms with E-state index in [1.807, 2.05) is 85.1 Å². The van der Waals surface area contributed by atoms with E-state index in [0.29, 0.717) is 17.5 Å². The molecule has 0 aliphatic heterocycles. The molecule has 0 radical (unpaired) electrons. The Hall–Kier alpha value is -3.58. The molecule has 168 valence electrons. The van der Waals surface area contributed by atoms with Crippen molar-refractivity contribution in [1.29, 1.82) is 0 Å². The number of allylic oxidation sites excluding steroid dienone is 1. The minimum Gasteiger partial charge on any atom is -0.469 e. The third-order valence-electron chi connectivity index (χ3n) is 5.33. The van der Waals surface area contributed by atoms with Gasteiger partial charge < -0.3 is 9.73 Å². The summed E-state index contributed by atoms with van der Waals surface area (Å²) in [7, 11) is 0. The van der Waals surface area contributed by atoms with Gasteiger partial charge in [0.1, 0.15) is 5.76 Å². The van der Waals surface area contributed by atoms with Crippen molar-refractivity contribution in [3.63, 3.8) is 0 Å². The Morgan fingerprint density at radius 1 is 1.09 bits per heavy atom. The van der Waals surface area contributed by atoms with Crippen LogP contribution in [0, 0.1) is 6.92 Å². The molecule has 7 heteroatoms. The van der Waals surface area contributed by atoms with Crippen molar-refractivity contribution < 1.29 is 9.21 Å². The normalized spacial score (nSPS) is 12.0. The first-order chi connectivity index (χ1) is 16.1. The van der Waals surface area contributed by atoms with Crippen LogP contribution in [0.25, 0.3) is 11.4 Å². The van der Waals surface area contributed by atoms with E-state index in [1.54, 1.807) is 12.3 Å². The number of nitrogens with zero attached hydrogens (tertiary/aromatic N) is 3. The Kier molecular flexibility index (Phi) is 7.10. The lowest BCUT2D eigenvalue weighted by atomic mass is 9.98. The van der Waals surface area contributed by atoms with Crippen molar-refractivity contribution in [2.24, 2.45) is 0 Å². The third kappa shape index (κ3) is 5.09. The summed E-state index contributed by atoms with van der Waals surface area (Å²) < 4.78 is 7.38. The number of furan rings is 1. The highest BCUT2D eigenvalue weighted by atomic mass is 32.2. The molecule has 1 unspecified atom stereocenters. The van der Waals surface area contributed by atoms with Crippen LogP contribution in [0.3, 0.4) is 0 Å². The number of carbonyl (C=O) groups excluding carboxylic acids is 1. The summed E-state index contributed by atoms with van der Waals surface area (Å²) in [5.41, 5.74) is 2.94. The molecule has 0 aliphatic rings. The molecule has 4 rings (SSSR count). The average Bonchev–Trinajstić information content (AvgIpc) is 3.44. The minimum absolute atomic E-state index is 0.0769. The molecule has 0 spiro atoms. The zero-order valence-corrected chi connectivity index (χ0v) is 19.5. The smallest absolute Gasteiger partial charge is 0.234 e. The summed E-state index contributed by atoms with van der Waals surface area (Å²) in [5.74, 6) is 1.39. The van der Waals surface area contributed by atoms with E-state index in [1.165, 1.54) is 11.8 Å². The maximum Gasteiger partial charge on any atom is 0.234 e. The molecule has 0 fully saturated rings. The first kappa shape index (κ1) is 22.6. The molecular weight excluding hydrogens is 432 g/mol. The van der Waals surface area contributed by atoms with Gasteiger partial charge in [-0.2, -0.15) is 0 Å². The van der Waals surface area contributed by atoms with Crippen molar-refractivity contribution in [1.82, 2.24) is 20.1 Å². The quantitative estimate of drug-likeness (QED) is 0.268. The number of aryl methyl sites for hydroxylation is 1. The zero-order valence-electron chi connectivity index (χ0n) is 18.6. The van der Waals surface area contributed by atoms with Crippen LogP contribution in [0.5, 0.6) is 0 Å². The van der Waals surface area contributed by atoms with Crippen molar-refractivity contribution >= 4 is 17.7 Å². The van der Waals surface area contributed by atoms with Crippen molar-refractivity contribution in [3.05, 3.63) is 103 Å². The highest BCUT2D eigenvalue weighted by molar-refractivity contribution is 8.00. The van der Waals surface area contributed by atoms with Gasteiger partial charge in [-0.15, -0.1) is 16.8 Å². The van der Waals surface area contributed by atoms with Gasteiger partial charge in [0.05, 0.1) is 23.1 Å². The largest absolute Gasteiger partial charge is 0.469 e. The predicted octanol–water partition coefficient (Wildman–Crippen LogP) is 5.42. The van der Waals surface area contributed by atoms with E-state index >= 15 is 0 Å². The number of hydrogen-bond acceptors (Lipinski definition) is 5. The highest BCUT2D eigenvalue weighted by Gasteiger charge is 2.24. The number of hydrogen-bond donors (Lipinski definition) is 1. The number of carbonyl (C=O) groups is 1. The van der Waals surface area contributed by atoms with Gasteiger partial charge in [0.2, 0.25) is 5.91 Å². The molecule has 1 N–H and O–H groups in total. The van der Waals surface area contributed by atoms with Crippen LogP contribution in [0.1, 0.15) is 29.9 Å². The number of benzene rings is 2. The lowest BCUT2D eigenvalue weighted by Crippen LogP contribution is -2.35. The van der Waals surface area contributed by atoms with Crippen LogP contribution in [0.4, 0.5) is 0 Å². The highest BCUT2D eigenvalue weighted by Crippen LogP contribution is 2.30. The lowest BCUT2D eigenvalue weighted by Gasteiger charge is -2.22. The Morgan fingerprint density at radius 2 is 1.73 bits per heavy atom. The number of rotatable bonds is 9. The summed E-state index contributed by atoms with van der Waals surface area (Å²) in [4.78, 5) is 13.2. The second-order valence-corrected chi connectivity index (χ2v) is 8.93. The molecule has 33 heavy (non-hydrogen) atoms. The molecule has 6 nitrogen and oxygen atoms in total. The van der Waals surface area contributed by atoms with E-state index in [-0.39, 0.29) is 17.2 Å². The van der Waals surface area contributed by atoms with Crippen molar-refractivity contribution in [2.45, 2.75) is 36.8 Å². The van der Waals surface area contributed by atoms with Crippen LogP contribution < -0.4 is 5.32 Å². The number of nitrogens with one attached hydrogen (secondary N) is 1.